The molecule has 1 aliphatic carbocycles. The molecule has 0 saturated heterocycles. The zero-order valence-corrected chi connectivity index (χ0v) is 16.4. The summed E-state index contributed by atoms with van der Waals surface area (Å²) in [6.07, 6.45) is 2.12. The maximum absolute atomic E-state index is 6.21. The van der Waals surface area contributed by atoms with Gasteiger partial charge in [-0.1, -0.05) is 70.7 Å². The van der Waals surface area contributed by atoms with Crippen LogP contribution in [0.25, 0.3) is 10.8 Å². The molecule has 3 N–H and O–H groups in total. The van der Waals surface area contributed by atoms with E-state index in [2.05, 4.69) is 28.5 Å². The number of benzene rings is 3. The summed E-state index contributed by atoms with van der Waals surface area (Å²) >= 11 is 24.3. The van der Waals surface area contributed by atoms with E-state index in [4.69, 9.17) is 52.1 Å². The first-order valence-electron chi connectivity index (χ1n) is 7.93. The van der Waals surface area contributed by atoms with Crippen molar-refractivity contribution in [3.8, 4) is 0 Å². The predicted molar refractivity (Wildman–Crippen MR) is 113 cm³/mol. The molecule has 1 aliphatic rings. The van der Waals surface area contributed by atoms with Crippen LogP contribution in [0.15, 0.2) is 41.4 Å². The van der Waals surface area contributed by atoms with E-state index in [-0.39, 0.29) is 26.1 Å². The quantitative estimate of drug-likeness (QED) is 0.210. The zero-order valence-electron chi connectivity index (χ0n) is 13.4. The minimum atomic E-state index is 0.168. The Bertz CT molecular complexity index is 1070. The van der Waals surface area contributed by atoms with E-state index >= 15 is 0 Å². The summed E-state index contributed by atoms with van der Waals surface area (Å²) in [5, 5.41) is 6.19. The number of aliphatic imine (C=N–C) groups is 1. The van der Waals surface area contributed by atoms with E-state index < -0.39 is 0 Å². The Morgan fingerprint density at radius 3 is 2.42 bits per heavy atom. The standard InChI is InChI=1S/C19H13Cl4N3/c20-12-8-14(17(22)18(23)16(12)21)26-19(24)25-13-7-6-10-5-4-9-2-1-3-11(13)15(9)10/h1-3,6-8H,4-5H2,(H3,24,25,26). The number of rotatable bonds is 2. The molecular formula is C19H13Cl4N3. The lowest BCUT2D eigenvalue weighted by molar-refractivity contribution is 1.02. The summed E-state index contributed by atoms with van der Waals surface area (Å²) in [5.41, 5.74) is 10.0. The number of hydrogen-bond acceptors (Lipinski definition) is 1. The van der Waals surface area contributed by atoms with Crippen molar-refractivity contribution >= 4 is 74.5 Å². The molecular weight excluding hydrogens is 412 g/mol. The molecule has 0 amide bonds. The summed E-state index contributed by atoms with van der Waals surface area (Å²) in [6.45, 7) is 0. The second kappa shape index (κ2) is 6.82. The van der Waals surface area contributed by atoms with E-state index in [0.29, 0.717) is 5.69 Å². The Morgan fingerprint density at radius 1 is 0.923 bits per heavy atom. The molecule has 0 aromatic heterocycles. The third-order valence-electron chi connectivity index (χ3n) is 4.46. The van der Waals surface area contributed by atoms with Crippen LogP contribution in [0.4, 0.5) is 11.4 Å². The topological polar surface area (TPSA) is 50.4 Å². The van der Waals surface area contributed by atoms with Gasteiger partial charge in [-0.25, -0.2) is 4.99 Å². The van der Waals surface area contributed by atoms with E-state index in [0.717, 1.165) is 23.9 Å². The van der Waals surface area contributed by atoms with Gasteiger partial charge in [0.05, 0.1) is 31.5 Å². The first kappa shape index (κ1) is 17.7. The minimum absolute atomic E-state index is 0.168. The average Bonchev–Trinajstić information content (AvgIpc) is 3.05. The molecule has 3 aromatic carbocycles. The third-order valence-corrected chi connectivity index (χ3v) is 6.21. The van der Waals surface area contributed by atoms with Gasteiger partial charge in [0.1, 0.15) is 0 Å². The lowest BCUT2D eigenvalue weighted by Gasteiger charge is -2.12. The maximum atomic E-state index is 6.21. The fourth-order valence-corrected chi connectivity index (χ4v) is 4.14. The maximum Gasteiger partial charge on any atom is 0.198 e. The van der Waals surface area contributed by atoms with Crippen molar-refractivity contribution in [2.75, 3.05) is 5.32 Å². The summed E-state index contributed by atoms with van der Waals surface area (Å²) < 4.78 is 0. The van der Waals surface area contributed by atoms with E-state index in [1.165, 1.54) is 16.5 Å². The number of aryl methyl sites for hydroxylation is 2. The van der Waals surface area contributed by atoms with Gasteiger partial charge in [0.15, 0.2) is 5.96 Å². The molecule has 0 unspecified atom stereocenters. The largest absolute Gasteiger partial charge is 0.369 e. The molecule has 0 bridgehead atoms. The summed E-state index contributed by atoms with van der Waals surface area (Å²) in [7, 11) is 0. The lowest BCUT2D eigenvalue weighted by Crippen LogP contribution is -2.22. The van der Waals surface area contributed by atoms with Gasteiger partial charge >= 0.3 is 0 Å². The highest BCUT2D eigenvalue weighted by Crippen LogP contribution is 2.41. The van der Waals surface area contributed by atoms with Crippen molar-refractivity contribution in [2.24, 2.45) is 10.7 Å². The molecule has 132 valence electrons. The van der Waals surface area contributed by atoms with Crippen LogP contribution < -0.4 is 11.1 Å². The minimum Gasteiger partial charge on any atom is -0.369 e. The lowest BCUT2D eigenvalue weighted by atomic mass is 10.0. The van der Waals surface area contributed by atoms with Gasteiger partial charge in [-0.15, -0.1) is 0 Å². The average molecular weight is 425 g/mol. The Balaban J connectivity index is 1.74. The van der Waals surface area contributed by atoms with Crippen LogP contribution in [0.5, 0.6) is 0 Å². The molecule has 4 rings (SSSR count). The van der Waals surface area contributed by atoms with Gasteiger partial charge in [0.25, 0.3) is 0 Å². The smallest absolute Gasteiger partial charge is 0.198 e. The Labute approximate surface area is 170 Å². The normalized spacial score (nSPS) is 13.5. The summed E-state index contributed by atoms with van der Waals surface area (Å²) in [5.74, 6) is 0.181. The van der Waals surface area contributed by atoms with Gasteiger partial charge < -0.3 is 11.1 Å². The van der Waals surface area contributed by atoms with Crippen LogP contribution in [0, 0.1) is 0 Å². The number of hydrogen-bond donors (Lipinski definition) is 2. The molecule has 0 aliphatic heterocycles. The highest BCUT2D eigenvalue weighted by molar-refractivity contribution is 6.52. The summed E-state index contributed by atoms with van der Waals surface area (Å²) in [4.78, 5) is 4.52. The van der Waals surface area contributed by atoms with Crippen LogP contribution in [0.3, 0.4) is 0 Å². The number of nitrogens with one attached hydrogen (secondary N) is 1. The number of nitrogens with zero attached hydrogens (tertiary/aromatic N) is 1. The van der Waals surface area contributed by atoms with E-state index in [9.17, 15) is 0 Å². The third kappa shape index (κ3) is 2.99. The van der Waals surface area contributed by atoms with Crippen molar-refractivity contribution in [3.05, 3.63) is 67.6 Å². The van der Waals surface area contributed by atoms with E-state index in [1.54, 1.807) is 6.07 Å². The van der Waals surface area contributed by atoms with Crippen LogP contribution in [-0.4, -0.2) is 5.96 Å². The molecule has 0 fully saturated rings. The van der Waals surface area contributed by atoms with Crippen molar-refractivity contribution in [1.82, 2.24) is 0 Å². The van der Waals surface area contributed by atoms with Gasteiger partial charge in [-0.2, -0.15) is 0 Å². The number of guanidine groups is 1. The first-order chi connectivity index (χ1) is 12.5. The van der Waals surface area contributed by atoms with Crippen LogP contribution in [-0.2, 0) is 12.8 Å². The Kier molecular flexibility index (Phi) is 4.66. The number of nitrogens with two attached hydrogens (primary N) is 1. The van der Waals surface area contributed by atoms with Gasteiger partial charge in [-0.3, -0.25) is 0 Å². The van der Waals surface area contributed by atoms with Crippen LogP contribution in [0.1, 0.15) is 11.1 Å². The predicted octanol–water partition coefficient (Wildman–Crippen LogP) is 6.61. The van der Waals surface area contributed by atoms with Gasteiger partial charge in [0, 0.05) is 5.39 Å². The monoisotopic (exact) mass is 423 g/mol. The van der Waals surface area contributed by atoms with Crippen LogP contribution >= 0.6 is 46.4 Å². The molecule has 0 heterocycles. The SMILES string of the molecule is NC(=Nc1ccc2c3c(cccc13)CC2)Nc1cc(Cl)c(Cl)c(Cl)c1Cl. The summed E-state index contributed by atoms with van der Waals surface area (Å²) in [6, 6.07) is 11.9. The van der Waals surface area contributed by atoms with Crippen molar-refractivity contribution in [1.29, 1.82) is 0 Å². The zero-order chi connectivity index (χ0) is 18.4. The molecule has 7 heteroatoms. The highest BCUT2D eigenvalue weighted by Gasteiger charge is 2.16. The Hall–Kier alpha value is -1.65. The highest BCUT2D eigenvalue weighted by atomic mass is 35.5. The van der Waals surface area contributed by atoms with Crippen molar-refractivity contribution in [3.63, 3.8) is 0 Å². The van der Waals surface area contributed by atoms with Crippen molar-refractivity contribution < 1.29 is 0 Å². The molecule has 3 nitrogen and oxygen atoms in total. The molecule has 3 aromatic rings. The molecule has 0 saturated carbocycles. The van der Waals surface area contributed by atoms with Gasteiger partial charge in [0.2, 0.25) is 0 Å². The molecule has 26 heavy (non-hydrogen) atoms. The second-order valence-electron chi connectivity index (χ2n) is 6.05. The second-order valence-corrected chi connectivity index (χ2v) is 7.59. The number of anilines is 1. The Morgan fingerprint density at radius 2 is 1.65 bits per heavy atom. The first-order valence-corrected chi connectivity index (χ1v) is 9.44. The van der Waals surface area contributed by atoms with E-state index in [1.807, 2.05) is 12.1 Å². The fourth-order valence-electron chi connectivity index (χ4n) is 3.29. The van der Waals surface area contributed by atoms with Crippen molar-refractivity contribution in [2.45, 2.75) is 12.8 Å². The van der Waals surface area contributed by atoms with Crippen LogP contribution in [0.2, 0.25) is 20.1 Å². The molecule has 0 spiro atoms. The number of halogens is 4. The fraction of sp³-hybridized carbons (Fsp3) is 0.105. The van der Waals surface area contributed by atoms with Gasteiger partial charge in [-0.05, 0) is 41.5 Å². The molecule has 0 atom stereocenters. The molecule has 0 radical (unpaired) electrons.